The van der Waals surface area contributed by atoms with Crippen molar-refractivity contribution in [3.8, 4) is 0 Å². The molecule has 0 fully saturated rings. The van der Waals surface area contributed by atoms with Crippen molar-refractivity contribution < 1.29 is 0 Å². The van der Waals surface area contributed by atoms with Gasteiger partial charge in [-0.1, -0.05) is 13.1 Å². The summed E-state index contributed by atoms with van der Waals surface area (Å²) in [6.07, 6.45) is 1.03. The smallest absolute Gasteiger partial charge is 0.107 e. The average molecular weight is 89.4 g/mol. The topological polar surface area (TPSA) is 0 Å². The van der Waals surface area contributed by atoms with E-state index < -0.39 is 0 Å². The summed E-state index contributed by atoms with van der Waals surface area (Å²) in [5.74, 6) is 0.760. The van der Waals surface area contributed by atoms with Crippen molar-refractivity contribution in [2.45, 2.75) is 13.1 Å². The van der Waals surface area contributed by atoms with Crippen LogP contribution in [-0.4, -0.2) is 13.2 Å². The van der Waals surface area contributed by atoms with E-state index in [-0.39, 0.29) is 0 Å². The third kappa shape index (κ3) is 4.35. The standard InChI is InChI=1S/C3H7BCl/c1-4-2-3-5/h2-3H2,1H3. The Hall–Kier alpha value is 0.355. The van der Waals surface area contributed by atoms with Crippen LogP contribution in [-0.2, 0) is 0 Å². The number of hydrogen-bond donors (Lipinski definition) is 0. The van der Waals surface area contributed by atoms with Gasteiger partial charge in [-0.3, -0.25) is 0 Å². The van der Waals surface area contributed by atoms with Crippen molar-refractivity contribution in [1.29, 1.82) is 0 Å². The van der Waals surface area contributed by atoms with E-state index in [0.29, 0.717) is 0 Å². The lowest BCUT2D eigenvalue weighted by Crippen LogP contribution is -1.77. The summed E-state index contributed by atoms with van der Waals surface area (Å²) in [7, 11) is 2.05. The Kier molecular flexibility index (Phi) is 4.66. The van der Waals surface area contributed by atoms with Gasteiger partial charge < -0.3 is 0 Å². The van der Waals surface area contributed by atoms with E-state index in [1.165, 1.54) is 0 Å². The van der Waals surface area contributed by atoms with E-state index in [2.05, 4.69) is 0 Å². The van der Waals surface area contributed by atoms with E-state index in [9.17, 15) is 0 Å². The maximum absolute atomic E-state index is 5.27. The van der Waals surface area contributed by atoms with Crippen LogP contribution in [0.3, 0.4) is 0 Å². The van der Waals surface area contributed by atoms with Crippen molar-refractivity contribution in [2.75, 3.05) is 5.88 Å². The number of hydrogen-bond acceptors (Lipinski definition) is 0. The molecule has 0 amide bonds. The van der Waals surface area contributed by atoms with Crippen LogP contribution >= 0.6 is 11.6 Å². The van der Waals surface area contributed by atoms with Gasteiger partial charge in [-0.25, -0.2) is 0 Å². The summed E-state index contributed by atoms with van der Waals surface area (Å²) >= 11 is 5.27. The molecule has 0 aromatic rings. The minimum atomic E-state index is 0.760. The van der Waals surface area contributed by atoms with Crippen molar-refractivity contribution in [1.82, 2.24) is 0 Å². The van der Waals surface area contributed by atoms with E-state index in [0.717, 1.165) is 12.2 Å². The largest absolute Gasteiger partial charge is 0.127 e. The van der Waals surface area contributed by atoms with Gasteiger partial charge in [-0.2, -0.15) is 0 Å². The molecule has 0 heterocycles. The summed E-state index contributed by atoms with van der Waals surface area (Å²) in [5, 5.41) is 0. The molecule has 0 N–H and O–H groups in total. The lowest BCUT2D eigenvalue weighted by atomic mass is 9.79. The van der Waals surface area contributed by atoms with Crippen molar-refractivity contribution >= 4 is 18.9 Å². The molecular formula is C3H7BCl. The quantitative estimate of drug-likeness (QED) is 0.354. The monoisotopic (exact) mass is 89.0 g/mol. The van der Waals surface area contributed by atoms with E-state index in [4.69, 9.17) is 11.6 Å². The van der Waals surface area contributed by atoms with Gasteiger partial charge >= 0.3 is 0 Å². The number of alkyl halides is 1. The molecule has 0 aromatic heterocycles. The first kappa shape index (κ1) is 5.35. The summed E-state index contributed by atoms with van der Waals surface area (Å²) in [6, 6.07) is 0. The highest BCUT2D eigenvalue weighted by molar-refractivity contribution is 6.36. The fourth-order valence-electron chi connectivity index (χ4n) is 0.109. The second-order valence-electron chi connectivity index (χ2n) is 0.886. The molecule has 29 valence electrons. The maximum Gasteiger partial charge on any atom is 0.107 e. The van der Waals surface area contributed by atoms with Gasteiger partial charge in [-0.15, -0.1) is 11.6 Å². The summed E-state index contributed by atoms with van der Waals surface area (Å²) < 4.78 is 0. The molecule has 0 aliphatic heterocycles. The van der Waals surface area contributed by atoms with Crippen LogP contribution in [0.25, 0.3) is 0 Å². The van der Waals surface area contributed by atoms with Gasteiger partial charge in [0.1, 0.15) is 7.28 Å². The molecule has 5 heavy (non-hydrogen) atoms. The molecule has 0 spiro atoms. The normalized spacial score (nSPS) is 7.60. The highest BCUT2D eigenvalue weighted by atomic mass is 35.5. The first-order valence-electron chi connectivity index (χ1n) is 1.75. The zero-order valence-electron chi connectivity index (χ0n) is 3.37. The molecule has 0 bridgehead atoms. The maximum atomic E-state index is 5.27. The molecule has 0 atom stereocenters. The van der Waals surface area contributed by atoms with Crippen LogP contribution in [0.1, 0.15) is 0 Å². The van der Waals surface area contributed by atoms with Gasteiger partial charge in [0.15, 0.2) is 0 Å². The summed E-state index contributed by atoms with van der Waals surface area (Å²) in [5.41, 5.74) is 0. The van der Waals surface area contributed by atoms with Crippen LogP contribution < -0.4 is 0 Å². The fourth-order valence-corrected chi connectivity index (χ4v) is 0.327. The predicted octanol–water partition coefficient (Wildman–Crippen LogP) is 1.40. The van der Waals surface area contributed by atoms with Crippen LogP contribution in [0.5, 0.6) is 0 Å². The highest BCUT2D eigenvalue weighted by Crippen LogP contribution is 1.79. The first-order valence-corrected chi connectivity index (χ1v) is 2.29. The molecule has 1 radical (unpaired) electrons. The molecule has 0 aliphatic rings. The van der Waals surface area contributed by atoms with E-state index >= 15 is 0 Å². The molecule has 0 saturated carbocycles. The molecule has 2 heteroatoms. The summed E-state index contributed by atoms with van der Waals surface area (Å²) in [6.45, 7) is 2.00. The Morgan fingerprint density at radius 3 is 2.40 bits per heavy atom. The van der Waals surface area contributed by atoms with Gasteiger partial charge in [0.25, 0.3) is 0 Å². The van der Waals surface area contributed by atoms with Gasteiger partial charge in [0, 0.05) is 5.88 Å². The zero-order chi connectivity index (χ0) is 4.12. The third-order valence-corrected chi connectivity index (χ3v) is 0.616. The average Bonchev–Trinajstić information content (AvgIpc) is 1.41. The molecule has 0 unspecified atom stereocenters. The molecule has 0 aromatic carbocycles. The van der Waals surface area contributed by atoms with Crippen LogP contribution in [0.15, 0.2) is 0 Å². The SMILES string of the molecule is C[B]CCCl. The number of rotatable bonds is 2. The van der Waals surface area contributed by atoms with E-state index in [1.807, 2.05) is 14.1 Å². The molecule has 0 aliphatic carbocycles. The summed E-state index contributed by atoms with van der Waals surface area (Å²) in [4.78, 5) is 0. The molecule has 0 nitrogen and oxygen atoms in total. The van der Waals surface area contributed by atoms with Crippen molar-refractivity contribution in [3.63, 3.8) is 0 Å². The Balaban J connectivity index is 2.19. The van der Waals surface area contributed by atoms with Gasteiger partial charge in [0.05, 0.1) is 0 Å². The Morgan fingerprint density at radius 2 is 2.40 bits per heavy atom. The Morgan fingerprint density at radius 1 is 1.80 bits per heavy atom. The second kappa shape index (κ2) is 4.35. The lowest BCUT2D eigenvalue weighted by Gasteiger charge is -1.74. The van der Waals surface area contributed by atoms with Gasteiger partial charge in [0.2, 0.25) is 0 Å². The van der Waals surface area contributed by atoms with Crippen molar-refractivity contribution in [3.05, 3.63) is 0 Å². The van der Waals surface area contributed by atoms with E-state index in [1.54, 1.807) is 0 Å². The number of halogens is 1. The van der Waals surface area contributed by atoms with Crippen LogP contribution in [0.2, 0.25) is 13.1 Å². The Bertz CT molecular complexity index is 14.4. The minimum Gasteiger partial charge on any atom is -0.127 e. The third-order valence-electron chi connectivity index (χ3n) is 0.398. The lowest BCUT2D eigenvalue weighted by molar-refractivity contribution is 1.46. The predicted molar refractivity (Wildman–Crippen MR) is 27.1 cm³/mol. The molecule has 0 rings (SSSR count). The highest BCUT2D eigenvalue weighted by Gasteiger charge is 1.73. The fraction of sp³-hybridized carbons (Fsp3) is 1.00. The Labute approximate surface area is 38.8 Å². The van der Waals surface area contributed by atoms with Crippen LogP contribution in [0.4, 0.5) is 0 Å². The molecule has 0 saturated heterocycles. The second-order valence-corrected chi connectivity index (χ2v) is 1.26. The van der Waals surface area contributed by atoms with Crippen molar-refractivity contribution in [2.24, 2.45) is 0 Å². The van der Waals surface area contributed by atoms with Gasteiger partial charge in [-0.05, 0) is 0 Å². The van der Waals surface area contributed by atoms with Crippen LogP contribution in [0, 0.1) is 0 Å². The molecular weight excluding hydrogens is 82.3 g/mol. The zero-order valence-corrected chi connectivity index (χ0v) is 4.13. The minimum absolute atomic E-state index is 0.760. The first-order chi connectivity index (χ1) is 2.41.